The minimum absolute atomic E-state index is 0.0251. The van der Waals surface area contributed by atoms with Gasteiger partial charge in [-0.1, -0.05) is 0 Å². The molecule has 1 rings (SSSR count). The zero-order valence-corrected chi connectivity index (χ0v) is 7.05. The smallest absolute Gasteiger partial charge is 0.0733 e. The van der Waals surface area contributed by atoms with E-state index in [0.29, 0.717) is 12.1 Å². The van der Waals surface area contributed by atoms with E-state index in [1.54, 1.807) is 0 Å². The highest BCUT2D eigenvalue weighted by molar-refractivity contribution is 4.86. The van der Waals surface area contributed by atoms with Crippen LogP contribution in [0, 0.1) is 0 Å². The molecule has 2 heteroatoms. The Hall–Kier alpha value is -0.0800. The Bertz CT molecular complexity index is 117. The molecule has 1 aliphatic rings. The molecule has 2 N–H and O–H groups in total. The van der Waals surface area contributed by atoms with Gasteiger partial charge in [0, 0.05) is 6.04 Å². The highest BCUT2D eigenvalue weighted by Gasteiger charge is 2.31. The second-order valence-electron chi connectivity index (χ2n) is 4.01. The molecule has 0 heterocycles. The van der Waals surface area contributed by atoms with E-state index in [-0.39, 0.29) is 5.60 Å². The Morgan fingerprint density at radius 2 is 1.90 bits per heavy atom. The van der Waals surface area contributed by atoms with Crippen LogP contribution in [0.3, 0.4) is 0 Å². The van der Waals surface area contributed by atoms with Gasteiger partial charge in [-0.05, 0) is 33.6 Å². The molecular weight excluding hydrogens is 126 g/mol. The van der Waals surface area contributed by atoms with Crippen molar-refractivity contribution in [3.05, 3.63) is 0 Å². The lowest BCUT2D eigenvalue weighted by atomic mass is 9.89. The van der Waals surface area contributed by atoms with E-state index in [1.165, 1.54) is 0 Å². The molecule has 60 valence electrons. The maximum atomic E-state index is 5.70. The van der Waals surface area contributed by atoms with Crippen LogP contribution in [0.4, 0.5) is 0 Å². The Balaban J connectivity index is 2.26. The van der Waals surface area contributed by atoms with Crippen LogP contribution in [0.15, 0.2) is 0 Å². The first-order chi connectivity index (χ1) is 4.49. The Morgan fingerprint density at radius 3 is 2.00 bits per heavy atom. The topological polar surface area (TPSA) is 35.2 Å². The number of rotatable bonds is 1. The number of nitrogens with two attached hydrogens (primary N) is 1. The summed E-state index contributed by atoms with van der Waals surface area (Å²) in [7, 11) is 0. The molecule has 0 unspecified atom stereocenters. The molecule has 1 fully saturated rings. The van der Waals surface area contributed by atoms with E-state index < -0.39 is 0 Å². The summed E-state index contributed by atoms with van der Waals surface area (Å²) in [4.78, 5) is 0. The van der Waals surface area contributed by atoms with Crippen LogP contribution < -0.4 is 5.73 Å². The lowest BCUT2D eigenvalue weighted by molar-refractivity contribution is -0.102. The van der Waals surface area contributed by atoms with Gasteiger partial charge in [0.15, 0.2) is 0 Å². The Labute approximate surface area is 62.7 Å². The fraction of sp³-hybridized carbons (Fsp3) is 1.00. The van der Waals surface area contributed by atoms with E-state index in [0.717, 1.165) is 12.8 Å². The van der Waals surface area contributed by atoms with Gasteiger partial charge in [0.05, 0.1) is 11.7 Å². The molecule has 2 nitrogen and oxygen atoms in total. The van der Waals surface area contributed by atoms with Crippen LogP contribution in [0.5, 0.6) is 0 Å². The molecule has 0 radical (unpaired) electrons. The van der Waals surface area contributed by atoms with Crippen molar-refractivity contribution in [1.29, 1.82) is 0 Å². The van der Waals surface area contributed by atoms with Crippen LogP contribution in [0.1, 0.15) is 33.6 Å². The highest BCUT2D eigenvalue weighted by atomic mass is 16.5. The fourth-order valence-corrected chi connectivity index (χ4v) is 1.10. The van der Waals surface area contributed by atoms with E-state index in [4.69, 9.17) is 10.5 Å². The highest BCUT2D eigenvalue weighted by Crippen LogP contribution is 2.25. The summed E-state index contributed by atoms with van der Waals surface area (Å²) in [6.45, 7) is 6.20. The molecule has 0 bridgehead atoms. The molecule has 10 heavy (non-hydrogen) atoms. The SMILES string of the molecule is CC(C)(C)O[C@H]1CC[C@H]1N. The second-order valence-corrected chi connectivity index (χ2v) is 4.01. The third-order valence-corrected chi connectivity index (χ3v) is 1.77. The number of hydrogen-bond donors (Lipinski definition) is 1. The number of ether oxygens (including phenoxy) is 1. The molecule has 0 aromatic heterocycles. The molecule has 2 atom stereocenters. The van der Waals surface area contributed by atoms with Gasteiger partial charge in [0.1, 0.15) is 0 Å². The van der Waals surface area contributed by atoms with Crippen LogP contribution in [-0.4, -0.2) is 17.7 Å². The van der Waals surface area contributed by atoms with Gasteiger partial charge in [0.2, 0.25) is 0 Å². The minimum Gasteiger partial charge on any atom is -0.371 e. The zero-order valence-electron chi connectivity index (χ0n) is 7.05. The quantitative estimate of drug-likeness (QED) is 0.600. The van der Waals surface area contributed by atoms with Gasteiger partial charge < -0.3 is 10.5 Å². The predicted molar refractivity (Wildman–Crippen MR) is 41.8 cm³/mol. The third-order valence-electron chi connectivity index (χ3n) is 1.77. The van der Waals surface area contributed by atoms with Crippen molar-refractivity contribution in [1.82, 2.24) is 0 Å². The van der Waals surface area contributed by atoms with E-state index in [2.05, 4.69) is 20.8 Å². The van der Waals surface area contributed by atoms with Crippen molar-refractivity contribution >= 4 is 0 Å². The Morgan fingerprint density at radius 1 is 1.30 bits per heavy atom. The average molecular weight is 143 g/mol. The largest absolute Gasteiger partial charge is 0.371 e. The lowest BCUT2D eigenvalue weighted by Gasteiger charge is -2.38. The molecule has 0 spiro atoms. The fourth-order valence-electron chi connectivity index (χ4n) is 1.10. The molecule has 0 aromatic carbocycles. The second kappa shape index (κ2) is 2.51. The third kappa shape index (κ3) is 1.96. The van der Waals surface area contributed by atoms with Gasteiger partial charge in [-0.25, -0.2) is 0 Å². The number of hydrogen-bond acceptors (Lipinski definition) is 2. The summed E-state index contributed by atoms with van der Waals surface area (Å²) in [5, 5.41) is 0. The zero-order chi connectivity index (χ0) is 7.78. The van der Waals surface area contributed by atoms with Gasteiger partial charge in [-0.15, -0.1) is 0 Å². The monoisotopic (exact) mass is 143 g/mol. The molecule has 0 aromatic rings. The first-order valence-electron chi connectivity index (χ1n) is 3.92. The van der Waals surface area contributed by atoms with Crippen molar-refractivity contribution in [3.8, 4) is 0 Å². The Kier molecular flexibility index (Phi) is 2.02. The summed E-state index contributed by atoms with van der Waals surface area (Å²) < 4.78 is 5.66. The maximum absolute atomic E-state index is 5.70. The van der Waals surface area contributed by atoms with Crippen molar-refractivity contribution < 1.29 is 4.74 Å². The van der Waals surface area contributed by atoms with Crippen LogP contribution in [0.25, 0.3) is 0 Å². The lowest BCUT2D eigenvalue weighted by Crippen LogP contribution is -2.48. The average Bonchev–Trinajstić information content (AvgIpc) is 1.78. The maximum Gasteiger partial charge on any atom is 0.0733 e. The normalized spacial score (nSPS) is 33.6. The van der Waals surface area contributed by atoms with Gasteiger partial charge in [-0.3, -0.25) is 0 Å². The molecule has 1 saturated carbocycles. The molecular formula is C8H17NO. The van der Waals surface area contributed by atoms with Crippen LogP contribution >= 0.6 is 0 Å². The van der Waals surface area contributed by atoms with Gasteiger partial charge >= 0.3 is 0 Å². The van der Waals surface area contributed by atoms with Crippen molar-refractivity contribution in [3.63, 3.8) is 0 Å². The van der Waals surface area contributed by atoms with Gasteiger partial charge in [-0.2, -0.15) is 0 Å². The first kappa shape index (κ1) is 8.02. The van der Waals surface area contributed by atoms with Gasteiger partial charge in [0.25, 0.3) is 0 Å². The molecule has 0 aliphatic heterocycles. The summed E-state index contributed by atoms with van der Waals surface area (Å²) in [5.41, 5.74) is 5.68. The van der Waals surface area contributed by atoms with E-state index in [1.807, 2.05) is 0 Å². The van der Waals surface area contributed by atoms with Crippen molar-refractivity contribution in [2.24, 2.45) is 5.73 Å². The van der Waals surface area contributed by atoms with E-state index >= 15 is 0 Å². The molecule has 1 aliphatic carbocycles. The summed E-state index contributed by atoms with van der Waals surface area (Å²) >= 11 is 0. The first-order valence-corrected chi connectivity index (χ1v) is 3.92. The summed E-state index contributed by atoms with van der Waals surface area (Å²) in [5.74, 6) is 0. The molecule has 0 amide bonds. The van der Waals surface area contributed by atoms with Crippen molar-refractivity contribution in [2.45, 2.75) is 51.4 Å². The molecule has 0 saturated heterocycles. The summed E-state index contributed by atoms with van der Waals surface area (Å²) in [6, 6.07) is 0.291. The van der Waals surface area contributed by atoms with Crippen LogP contribution in [0.2, 0.25) is 0 Å². The van der Waals surface area contributed by atoms with E-state index in [9.17, 15) is 0 Å². The predicted octanol–water partition coefficient (Wildman–Crippen LogP) is 1.29. The van der Waals surface area contributed by atoms with Crippen molar-refractivity contribution in [2.75, 3.05) is 0 Å². The minimum atomic E-state index is -0.0251. The van der Waals surface area contributed by atoms with Crippen LogP contribution in [-0.2, 0) is 4.74 Å². The summed E-state index contributed by atoms with van der Waals surface area (Å²) in [6.07, 6.45) is 2.58. The standard InChI is InChI=1S/C8H17NO/c1-8(2,3)10-7-5-4-6(7)9/h6-7H,4-5,9H2,1-3H3/t6-,7+/m1/s1.